The molecule has 0 atom stereocenters. The van der Waals surface area contributed by atoms with Gasteiger partial charge in [-0.15, -0.1) is 0 Å². The molecule has 0 radical (unpaired) electrons. The first-order chi connectivity index (χ1) is 14.1. The van der Waals surface area contributed by atoms with Gasteiger partial charge in [-0.3, -0.25) is 4.90 Å². The molecule has 6 heteroatoms. The summed E-state index contributed by atoms with van der Waals surface area (Å²) in [7, 11) is 0. The van der Waals surface area contributed by atoms with Crippen LogP contribution in [0.1, 0.15) is 86.0 Å². The maximum Gasteiger partial charge on any atom is 0.317 e. The largest absolute Gasteiger partial charge is 0.375 e. The Labute approximate surface area is 199 Å². The lowest BCUT2D eigenvalue weighted by molar-refractivity contribution is -0.0307. The zero-order valence-electron chi connectivity index (χ0n) is 20.1. The summed E-state index contributed by atoms with van der Waals surface area (Å²) in [6, 6.07) is 0.0987. The van der Waals surface area contributed by atoms with Crippen molar-refractivity contribution < 1.29 is 9.53 Å². The van der Waals surface area contributed by atoms with Crippen LogP contribution in [0.15, 0.2) is 0 Å². The lowest BCUT2D eigenvalue weighted by Crippen LogP contribution is -2.52. The minimum Gasteiger partial charge on any atom is -0.375 e. The number of hydrogen-bond donors (Lipinski definition) is 1. The van der Waals surface area contributed by atoms with Crippen LogP contribution in [-0.4, -0.2) is 64.3 Å². The Morgan fingerprint density at radius 3 is 2.10 bits per heavy atom. The number of nitrogens with zero attached hydrogens (tertiary/aromatic N) is 2. The Hall–Kier alpha value is -0.0800. The predicted molar refractivity (Wildman–Crippen MR) is 134 cm³/mol. The van der Waals surface area contributed by atoms with Gasteiger partial charge in [-0.1, -0.05) is 35.9 Å². The van der Waals surface area contributed by atoms with E-state index in [1.54, 1.807) is 0 Å². The van der Waals surface area contributed by atoms with Gasteiger partial charge in [0, 0.05) is 25.2 Å². The molecule has 2 saturated heterocycles. The molecule has 0 saturated carbocycles. The minimum absolute atomic E-state index is 0.0799. The van der Waals surface area contributed by atoms with Gasteiger partial charge < -0.3 is 15.0 Å². The van der Waals surface area contributed by atoms with Gasteiger partial charge >= 0.3 is 6.03 Å². The molecule has 0 bridgehead atoms. The number of nitrogens with one attached hydrogen (secondary N) is 1. The summed E-state index contributed by atoms with van der Waals surface area (Å²) >= 11 is 2.48. The van der Waals surface area contributed by atoms with E-state index in [4.69, 9.17) is 4.74 Å². The molecular formula is C24H46IN3O2. The van der Waals surface area contributed by atoms with E-state index in [1.165, 1.54) is 32.4 Å². The van der Waals surface area contributed by atoms with Crippen molar-refractivity contribution in [2.24, 2.45) is 11.8 Å². The summed E-state index contributed by atoms with van der Waals surface area (Å²) in [5.41, 5.74) is -0.327. The third-order valence-electron chi connectivity index (χ3n) is 6.96. The summed E-state index contributed by atoms with van der Waals surface area (Å²) in [6.45, 7) is 15.7. The van der Waals surface area contributed by atoms with Gasteiger partial charge in [0.15, 0.2) is 0 Å². The summed E-state index contributed by atoms with van der Waals surface area (Å²) in [5, 5.41) is 3.25. The first kappa shape index (κ1) is 26.2. The molecule has 0 aromatic heterocycles. The van der Waals surface area contributed by atoms with Gasteiger partial charge in [0.25, 0.3) is 0 Å². The highest BCUT2D eigenvalue weighted by molar-refractivity contribution is 14.1. The van der Waals surface area contributed by atoms with Crippen LogP contribution in [0.4, 0.5) is 4.79 Å². The first-order valence-electron chi connectivity index (χ1n) is 12.1. The molecule has 2 heterocycles. The summed E-state index contributed by atoms with van der Waals surface area (Å²) in [4.78, 5) is 17.4. The molecular weight excluding hydrogens is 489 g/mol. The lowest BCUT2D eigenvalue weighted by atomic mass is 9.83. The van der Waals surface area contributed by atoms with E-state index in [2.05, 4.69) is 67.4 Å². The third-order valence-corrected chi connectivity index (χ3v) is 7.93. The van der Waals surface area contributed by atoms with Gasteiger partial charge in [0.1, 0.15) is 0 Å². The fraction of sp³-hybridized carbons (Fsp3) is 0.958. The van der Waals surface area contributed by atoms with Gasteiger partial charge in [0.05, 0.1) is 10.2 Å². The van der Waals surface area contributed by atoms with E-state index in [-0.39, 0.29) is 17.2 Å². The monoisotopic (exact) mass is 535 g/mol. The number of piperidine rings is 2. The number of ether oxygens (including phenoxy) is 1. The molecule has 2 amide bonds. The average Bonchev–Trinajstić information content (AvgIpc) is 2.68. The Kier molecular flexibility index (Phi) is 10.7. The van der Waals surface area contributed by atoms with Crippen molar-refractivity contribution in [3.05, 3.63) is 0 Å². The number of urea groups is 1. The second-order valence-corrected chi connectivity index (χ2v) is 11.5. The number of rotatable bonds is 10. The maximum absolute atomic E-state index is 12.8. The smallest absolute Gasteiger partial charge is 0.317 e. The fourth-order valence-electron chi connectivity index (χ4n) is 4.87. The highest BCUT2D eigenvalue weighted by Crippen LogP contribution is 2.30. The Morgan fingerprint density at radius 2 is 1.57 bits per heavy atom. The Bertz CT molecular complexity index is 511. The topological polar surface area (TPSA) is 44.8 Å². The second-order valence-electron chi connectivity index (χ2n) is 10.8. The molecule has 5 nitrogen and oxygen atoms in total. The van der Waals surface area contributed by atoms with Gasteiger partial charge in [-0.25, -0.2) is 4.79 Å². The maximum atomic E-state index is 12.8. The molecule has 2 rings (SSSR count). The molecule has 2 fully saturated rings. The van der Waals surface area contributed by atoms with E-state index in [1.807, 2.05) is 4.90 Å². The van der Waals surface area contributed by atoms with Crippen molar-refractivity contribution in [1.29, 1.82) is 0 Å². The molecule has 1 N–H and O–H groups in total. The molecule has 0 aromatic rings. The van der Waals surface area contributed by atoms with Crippen molar-refractivity contribution >= 4 is 28.6 Å². The number of amides is 2. The number of carbonyl (C=O) groups is 1. The summed E-state index contributed by atoms with van der Waals surface area (Å²) in [5.74, 6) is 1.69. The molecule has 2 aliphatic heterocycles. The molecule has 0 spiro atoms. The van der Waals surface area contributed by atoms with Gasteiger partial charge in [0.2, 0.25) is 0 Å². The minimum atomic E-state index is -0.247. The number of likely N-dealkylation sites (tertiary alicyclic amines) is 2. The van der Waals surface area contributed by atoms with Crippen LogP contribution in [0, 0.1) is 11.8 Å². The van der Waals surface area contributed by atoms with Crippen molar-refractivity contribution in [1.82, 2.24) is 15.1 Å². The zero-order valence-corrected chi connectivity index (χ0v) is 22.3. The summed E-state index contributed by atoms with van der Waals surface area (Å²) in [6.07, 6.45) is 9.42. The van der Waals surface area contributed by atoms with E-state index >= 15 is 0 Å². The van der Waals surface area contributed by atoms with E-state index in [0.717, 1.165) is 61.6 Å². The van der Waals surface area contributed by atoms with Gasteiger partial charge in [-0.2, -0.15) is 0 Å². The van der Waals surface area contributed by atoms with Crippen LogP contribution in [0.2, 0.25) is 0 Å². The van der Waals surface area contributed by atoms with Crippen LogP contribution in [-0.2, 0) is 4.74 Å². The number of carbonyl (C=O) groups excluding carboxylic acids is 1. The number of halogens is 1. The van der Waals surface area contributed by atoms with Crippen molar-refractivity contribution in [3.8, 4) is 0 Å². The average molecular weight is 536 g/mol. The van der Waals surface area contributed by atoms with E-state index < -0.39 is 0 Å². The normalized spacial score (nSPS) is 20.5. The van der Waals surface area contributed by atoms with Crippen molar-refractivity contribution in [2.75, 3.05) is 37.3 Å². The van der Waals surface area contributed by atoms with Crippen molar-refractivity contribution in [3.63, 3.8) is 0 Å². The highest BCUT2D eigenvalue weighted by atomic mass is 127. The lowest BCUT2D eigenvalue weighted by Gasteiger charge is -2.38. The van der Waals surface area contributed by atoms with Crippen LogP contribution in [0.25, 0.3) is 0 Å². The SMILES string of the molecule is CCCC(C)(C)OCCC(C)(C)NC(=O)N1CCC(CC2CCN(CI)CC2)CC1. The standard InChI is InChI=1S/C24H46IN3O2/c1-6-11-24(4,5)30-17-12-23(2,3)26-22(29)28-15-9-21(10-16-28)18-20-7-13-27(19-25)14-8-20/h20-21H,6-19H2,1-5H3,(H,26,29). The van der Waals surface area contributed by atoms with E-state index in [9.17, 15) is 4.79 Å². The highest BCUT2D eigenvalue weighted by Gasteiger charge is 2.29. The zero-order chi connectivity index (χ0) is 22.2. The van der Waals surface area contributed by atoms with Crippen molar-refractivity contribution in [2.45, 2.75) is 97.1 Å². The van der Waals surface area contributed by atoms with Crippen LogP contribution < -0.4 is 5.32 Å². The molecule has 30 heavy (non-hydrogen) atoms. The quantitative estimate of drug-likeness (QED) is 0.223. The number of hydrogen-bond acceptors (Lipinski definition) is 3. The Morgan fingerprint density at radius 1 is 1.00 bits per heavy atom. The van der Waals surface area contributed by atoms with E-state index in [0.29, 0.717) is 6.61 Å². The van der Waals surface area contributed by atoms with Crippen LogP contribution in [0.3, 0.4) is 0 Å². The molecule has 0 unspecified atom stereocenters. The summed E-state index contributed by atoms with van der Waals surface area (Å²) < 4.78 is 7.23. The molecule has 0 aliphatic carbocycles. The second kappa shape index (κ2) is 12.2. The molecule has 176 valence electrons. The van der Waals surface area contributed by atoms with Crippen LogP contribution in [0.5, 0.6) is 0 Å². The third kappa shape index (κ3) is 9.19. The fourth-order valence-corrected chi connectivity index (χ4v) is 5.55. The van der Waals surface area contributed by atoms with Gasteiger partial charge in [-0.05, 0) is 97.6 Å². The molecule has 0 aromatic carbocycles. The number of alkyl halides is 1. The first-order valence-corrected chi connectivity index (χ1v) is 13.7. The molecule has 2 aliphatic rings. The van der Waals surface area contributed by atoms with Crippen LogP contribution >= 0.6 is 22.6 Å². The predicted octanol–water partition coefficient (Wildman–Crippen LogP) is 5.67. The Balaban J connectivity index is 1.66.